The molecule has 0 aromatic rings. The van der Waals surface area contributed by atoms with Gasteiger partial charge in [0.25, 0.3) is 0 Å². The Balaban J connectivity index is 0. The van der Waals surface area contributed by atoms with Crippen molar-refractivity contribution in [1.82, 2.24) is 6.15 Å². The van der Waals surface area contributed by atoms with Gasteiger partial charge in [0.2, 0.25) is 0 Å². The average Bonchev–Trinajstić information content (AvgIpc) is 2.47. The zero-order chi connectivity index (χ0) is 17.4. The summed E-state index contributed by atoms with van der Waals surface area (Å²) < 4.78 is 40.0. The van der Waals surface area contributed by atoms with Crippen molar-refractivity contribution in [3.63, 3.8) is 0 Å². The first-order valence-electron chi connectivity index (χ1n) is 8.84. The number of aliphatic hydroxyl groups excluding tert-OH is 1. The van der Waals surface area contributed by atoms with Crippen LogP contribution in [0.5, 0.6) is 0 Å². The van der Waals surface area contributed by atoms with Crippen LogP contribution in [0.15, 0.2) is 0 Å². The Labute approximate surface area is 147 Å². The molecular weight excluding hydrogens is 334 g/mol. The molecule has 0 amide bonds. The molecule has 0 radical (unpaired) electrons. The third-order valence-electron chi connectivity index (χ3n) is 3.68. The maximum absolute atomic E-state index is 10.8. The van der Waals surface area contributed by atoms with Gasteiger partial charge in [0.1, 0.15) is 6.10 Å². The van der Waals surface area contributed by atoms with Crippen molar-refractivity contribution >= 4 is 10.4 Å². The summed E-state index contributed by atoms with van der Waals surface area (Å²) in [4.78, 5) is 0. The van der Waals surface area contributed by atoms with E-state index in [0.29, 0.717) is 6.42 Å². The van der Waals surface area contributed by atoms with Crippen molar-refractivity contribution in [2.24, 2.45) is 0 Å². The lowest BCUT2D eigenvalue weighted by Gasteiger charge is -2.15. The van der Waals surface area contributed by atoms with Gasteiger partial charge in [-0.15, -0.1) is 0 Å². The van der Waals surface area contributed by atoms with Gasteiger partial charge >= 0.3 is 10.4 Å². The van der Waals surface area contributed by atoms with Crippen LogP contribution in [0.25, 0.3) is 0 Å². The van der Waals surface area contributed by atoms with Gasteiger partial charge in [-0.25, -0.2) is 4.18 Å². The second-order valence-corrected chi connectivity index (χ2v) is 6.96. The molecule has 0 heterocycles. The molecule has 0 aromatic carbocycles. The van der Waals surface area contributed by atoms with Crippen molar-refractivity contribution in [3.8, 4) is 0 Å². The third-order valence-corrected chi connectivity index (χ3v) is 4.19. The molecule has 0 bridgehead atoms. The van der Waals surface area contributed by atoms with Crippen LogP contribution in [0.1, 0.15) is 77.6 Å². The van der Waals surface area contributed by atoms with Crippen LogP contribution in [0.3, 0.4) is 0 Å². The molecule has 7 nitrogen and oxygen atoms in total. The second-order valence-electron chi connectivity index (χ2n) is 5.92. The summed E-state index contributed by atoms with van der Waals surface area (Å²) in [5.41, 5.74) is 0. The lowest BCUT2D eigenvalue weighted by atomic mass is 10.0. The highest BCUT2D eigenvalue weighted by Gasteiger charge is 2.17. The second kappa shape index (κ2) is 17.6. The minimum atomic E-state index is -4.47. The Kier molecular flexibility index (Phi) is 19.0. The van der Waals surface area contributed by atoms with E-state index in [9.17, 15) is 8.42 Å². The molecule has 0 spiro atoms. The van der Waals surface area contributed by atoms with Gasteiger partial charge in [0, 0.05) is 0 Å². The molecule has 0 aliphatic rings. The van der Waals surface area contributed by atoms with Crippen LogP contribution in [0.2, 0.25) is 0 Å². The fourth-order valence-electron chi connectivity index (χ4n) is 2.47. The van der Waals surface area contributed by atoms with E-state index in [1.54, 1.807) is 0 Å². The summed E-state index contributed by atoms with van der Waals surface area (Å²) in [5, 5.41) is 8.64. The standard InChI is InChI=1S/C16H34O6S.H3N/c1-2-3-4-5-6-7-8-9-10-11-12-16(15-21-14-13-17)22-23(18,19)20;/h16-17H,2-15H2,1H3,(H,18,19,20);1H3. The molecule has 148 valence electrons. The Morgan fingerprint density at radius 1 is 0.917 bits per heavy atom. The predicted octanol–water partition coefficient (Wildman–Crippen LogP) is 3.66. The Hall–Kier alpha value is -0.250. The molecule has 0 saturated heterocycles. The van der Waals surface area contributed by atoms with E-state index < -0.39 is 16.5 Å². The molecular formula is C16H37NO6S. The maximum Gasteiger partial charge on any atom is 0.397 e. The van der Waals surface area contributed by atoms with Crippen molar-refractivity contribution in [2.45, 2.75) is 83.7 Å². The van der Waals surface area contributed by atoms with Crippen LogP contribution in [-0.4, -0.2) is 44.0 Å². The summed E-state index contributed by atoms with van der Waals surface area (Å²) in [7, 11) is -4.47. The lowest BCUT2D eigenvalue weighted by Crippen LogP contribution is -2.24. The van der Waals surface area contributed by atoms with E-state index >= 15 is 0 Å². The third kappa shape index (κ3) is 19.8. The fraction of sp³-hybridized carbons (Fsp3) is 1.00. The van der Waals surface area contributed by atoms with Gasteiger partial charge in [0.05, 0.1) is 19.8 Å². The maximum atomic E-state index is 10.8. The van der Waals surface area contributed by atoms with E-state index in [4.69, 9.17) is 14.4 Å². The van der Waals surface area contributed by atoms with Gasteiger partial charge < -0.3 is 16.0 Å². The molecule has 0 aromatic heterocycles. The fourth-order valence-corrected chi connectivity index (χ4v) is 2.97. The minimum absolute atomic E-state index is 0. The summed E-state index contributed by atoms with van der Waals surface area (Å²) >= 11 is 0. The smallest absolute Gasteiger partial charge is 0.394 e. The summed E-state index contributed by atoms with van der Waals surface area (Å²) in [6.45, 7) is 2.27. The molecule has 5 N–H and O–H groups in total. The first-order chi connectivity index (χ1) is 11.0. The summed E-state index contributed by atoms with van der Waals surface area (Å²) in [6, 6.07) is 0. The van der Waals surface area contributed by atoms with E-state index in [1.807, 2.05) is 0 Å². The molecule has 1 unspecified atom stereocenters. The van der Waals surface area contributed by atoms with Gasteiger partial charge in [-0.3, -0.25) is 4.55 Å². The predicted molar refractivity (Wildman–Crippen MR) is 95.8 cm³/mol. The van der Waals surface area contributed by atoms with Crippen LogP contribution in [0, 0.1) is 0 Å². The highest BCUT2D eigenvalue weighted by atomic mass is 32.3. The normalized spacial score (nSPS) is 12.8. The molecule has 8 heteroatoms. The van der Waals surface area contributed by atoms with Gasteiger partial charge in [-0.05, 0) is 6.42 Å². The number of hydrogen-bond donors (Lipinski definition) is 3. The van der Waals surface area contributed by atoms with Crippen molar-refractivity contribution in [2.75, 3.05) is 19.8 Å². The van der Waals surface area contributed by atoms with Crippen LogP contribution in [-0.2, 0) is 19.3 Å². The number of ether oxygens (including phenoxy) is 1. The summed E-state index contributed by atoms with van der Waals surface area (Å²) in [6.07, 6.45) is 11.8. The largest absolute Gasteiger partial charge is 0.397 e. The molecule has 1 atom stereocenters. The minimum Gasteiger partial charge on any atom is -0.394 e. The molecule has 0 rings (SSSR count). The number of hydrogen-bond acceptors (Lipinski definition) is 6. The molecule has 0 fully saturated rings. The number of rotatable bonds is 17. The highest BCUT2D eigenvalue weighted by molar-refractivity contribution is 7.80. The van der Waals surface area contributed by atoms with E-state index in [-0.39, 0.29) is 26.0 Å². The molecule has 24 heavy (non-hydrogen) atoms. The number of aliphatic hydroxyl groups is 1. The van der Waals surface area contributed by atoms with E-state index in [2.05, 4.69) is 11.1 Å². The monoisotopic (exact) mass is 371 g/mol. The van der Waals surface area contributed by atoms with Crippen LogP contribution in [0.4, 0.5) is 0 Å². The quantitative estimate of drug-likeness (QED) is 0.263. The van der Waals surface area contributed by atoms with Gasteiger partial charge in [0.15, 0.2) is 0 Å². The molecule has 0 aliphatic heterocycles. The first-order valence-corrected chi connectivity index (χ1v) is 10.2. The topological polar surface area (TPSA) is 128 Å². The van der Waals surface area contributed by atoms with Crippen LogP contribution >= 0.6 is 0 Å². The zero-order valence-corrected chi connectivity index (χ0v) is 15.9. The molecule has 0 aliphatic carbocycles. The Morgan fingerprint density at radius 2 is 1.42 bits per heavy atom. The Morgan fingerprint density at radius 3 is 1.88 bits per heavy atom. The zero-order valence-electron chi connectivity index (χ0n) is 15.1. The first kappa shape index (κ1) is 26.0. The van der Waals surface area contributed by atoms with Gasteiger partial charge in [-0.1, -0.05) is 71.1 Å². The van der Waals surface area contributed by atoms with Crippen molar-refractivity contribution < 1.29 is 27.0 Å². The van der Waals surface area contributed by atoms with E-state index in [0.717, 1.165) is 19.3 Å². The van der Waals surface area contributed by atoms with Crippen molar-refractivity contribution in [3.05, 3.63) is 0 Å². The van der Waals surface area contributed by atoms with E-state index in [1.165, 1.54) is 44.9 Å². The number of unbranched alkanes of at least 4 members (excludes halogenated alkanes) is 9. The SMILES string of the molecule is CCCCCCCCCCCCC(COCCO)OS(=O)(=O)O.N. The van der Waals surface area contributed by atoms with Crippen LogP contribution < -0.4 is 6.15 Å². The lowest BCUT2D eigenvalue weighted by molar-refractivity contribution is 0.0262. The summed E-state index contributed by atoms with van der Waals surface area (Å²) in [5.74, 6) is 0. The average molecular weight is 372 g/mol. The van der Waals surface area contributed by atoms with Gasteiger partial charge in [-0.2, -0.15) is 8.42 Å². The molecule has 0 saturated carbocycles. The highest BCUT2D eigenvalue weighted by Crippen LogP contribution is 2.14. The Bertz CT molecular complexity index is 350. The van der Waals surface area contributed by atoms with Crippen molar-refractivity contribution in [1.29, 1.82) is 0 Å².